The zero-order valence-electron chi connectivity index (χ0n) is 14.7. The number of nitrogens with one attached hydrogen (secondary N) is 1. The Morgan fingerprint density at radius 2 is 1.92 bits per heavy atom. The first-order chi connectivity index (χ1) is 12.7. The number of pyridine rings is 1. The Hall–Kier alpha value is -2.42. The van der Waals surface area contributed by atoms with Gasteiger partial charge in [-0.15, -0.1) is 10.2 Å². The molecule has 0 saturated carbocycles. The molecule has 0 radical (unpaired) electrons. The van der Waals surface area contributed by atoms with Gasteiger partial charge in [-0.3, -0.25) is 14.6 Å². The molecule has 8 nitrogen and oxygen atoms in total. The Labute approximate surface area is 156 Å². The lowest BCUT2D eigenvalue weighted by molar-refractivity contribution is -0.131. The fourth-order valence-corrected chi connectivity index (χ4v) is 3.66. The third-order valence-corrected chi connectivity index (χ3v) is 5.17. The standard InChI is InChI=1S/C17H22N6O2S/c1-2-23-16(13-5-7-18-8-6-13)20-21-17(23)26-12-14(24)19-11-15(25)22-9-3-4-10-22/h5-8H,2-4,9-12H2,1H3,(H,19,24). The van der Waals surface area contributed by atoms with Gasteiger partial charge in [0.25, 0.3) is 0 Å². The molecule has 1 fully saturated rings. The maximum Gasteiger partial charge on any atom is 0.241 e. The molecule has 0 bridgehead atoms. The SMILES string of the molecule is CCn1c(SCC(=O)NCC(=O)N2CCCC2)nnc1-c1ccncc1. The minimum atomic E-state index is -0.182. The topological polar surface area (TPSA) is 93.0 Å². The van der Waals surface area contributed by atoms with Crippen LogP contribution in [-0.4, -0.2) is 61.8 Å². The number of thioether (sulfide) groups is 1. The largest absolute Gasteiger partial charge is 0.346 e. The van der Waals surface area contributed by atoms with Crippen molar-refractivity contribution in [3.8, 4) is 11.4 Å². The molecule has 0 spiro atoms. The van der Waals surface area contributed by atoms with Gasteiger partial charge in [0.1, 0.15) is 0 Å². The lowest BCUT2D eigenvalue weighted by Gasteiger charge is -2.15. The Morgan fingerprint density at radius 3 is 2.62 bits per heavy atom. The quantitative estimate of drug-likeness (QED) is 0.732. The molecule has 3 rings (SSSR count). The van der Waals surface area contributed by atoms with E-state index >= 15 is 0 Å². The summed E-state index contributed by atoms with van der Waals surface area (Å²) in [7, 11) is 0. The van der Waals surface area contributed by atoms with E-state index in [1.807, 2.05) is 23.6 Å². The number of nitrogens with zero attached hydrogens (tertiary/aromatic N) is 5. The smallest absolute Gasteiger partial charge is 0.241 e. The number of carbonyl (C=O) groups excluding carboxylic acids is 2. The first kappa shape index (κ1) is 18.4. The van der Waals surface area contributed by atoms with Gasteiger partial charge >= 0.3 is 0 Å². The summed E-state index contributed by atoms with van der Waals surface area (Å²) < 4.78 is 1.96. The second-order valence-corrected chi connectivity index (χ2v) is 6.88. The molecular weight excluding hydrogens is 352 g/mol. The van der Waals surface area contributed by atoms with Crippen molar-refractivity contribution in [1.29, 1.82) is 0 Å². The van der Waals surface area contributed by atoms with Crippen molar-refractivity contribution >= 4 is 23.6 Å². The number of carbonyl (C=O) groups is 2. The van der Waals surface area contributed by atoms with Gasteiger partial charge in [-0.1, -0.05) is 11.8 Å². The highest BCUT2D eigenvalue weighted by molar-refractivity contribution is 7.99. The van der Waals surface area contributed by atoms with Gasteiger partial charge in [-0.25, -0.2) is 0 Å². The molecule has 0 unspecified atom stereocenters. The maximum absolute atomic E-state index is 12.0. The van der Waals surface area contributed by atoms with Crippen molar-refractivity contribution in [1.82, 2.24) is 30.0 Å². The van der Waals surface area contributed by atoms with E-state index in [1.165, 1.54) is 11.8 Å². The minimum absolute atomic E-state index is 0.0162. The maximum atomic E-state index is 12.0. The number of amides is 2. The van der Waals surface area contributed by atoms with Crippen molar-refractivity contribution in [3.63, 3.8) is 0 Å². The van der Waals surface area contributed by atoms with Gasteiger partial charge in [0, 0.05) is 37.6 Å². The predicted octanol–water partition coefficient (Wildman–Crippen LogP) is 1.19. The van der Waals surface area contributed by atoms with Crippen molar-refractivity contribution in [2.45, 2.75) is 31.5 Å². The molecule has 138 valence electrons. The van der Waals surface area contributed by atoms with E-state index in [1.54, 1.807) is 17.3 Å². The number of likely N-dealkylation sites (tertiary alicyclic amines) is 1. The molecule has 1 N–H and O–H groups in total. The fourth-order valence-electron chi connectivity index (χ4n) is 2.83. The highest BCUT2D eigenvalue weighted by Crippen LogP contribution is 2.23. The average molecular weight is 374 g/mol. The summed E-state index contributed by atoms with van der Waals surface area (Å²) in [6, 6.07) is 3.75. The van der Waals surface area contributed by atoms with E-state index in [-0.39, 0.29) is 24.1 Å². The van der Waals surface area contributed by atoms with Crippen LogP contribution in [0.3, 0.4) is 0 Å². The van der Waals surface area contributed by atoms with Crippen LogP contribution in [-0.2, 0) is 16.1 Å². The highest BCUT2D eigenvalue weighted by atomic mass is 32.2. The third-order valence-electron chi connectivity index (χ3n) is 4.20. The van der Waals surface area contributed by atoms with Crippen LogP contribution in [0.15, 0.2) is 29.7 Å². The molecule has 2 amide bonds. The predicted molar refractivity (Wildman–Crippen MR) is 98.5 cm³/mol. The summed E-state index contributed by atoms with van der Waals surface area (Å²) in [6.45, 7) is 4.35. The summed E-state index contributed by atoms with van der Waals surface area (Å²) in [5.74, 6) is 0.750. The molecule has 1 aliphatic heterocycles. The summed E-state index contributed by atoms with van der Waals surface area (Å²) in [5.41, 5.74) is 0.932. The van der Waals surface area contributed by atoms with Gasteiger partial charge in [0.05, 0.1) is 12.3 Å². The van der Waals surface area contributed by atoms with E-state index in [9.17, 15) is 9.59 Å². The molecule has 9 heteroatoms. The van der Waals surface area contributed by atoms with E-state index in [0.717, 1.165) is 37.3 Å². The van der Waals surface area contributed by atoms with Gasteiger partial charge in [-0.2, -0.15) is 0 Å². The lowest BCUT2D eigenvalue weighted by atomic mass is 10.2. The van der Waals surface area contributed by atoms with Crippen LogP contribution in [0, 0.1) is 0 Å². The van der Waals surface area contributed by atoms with Crippen molar-refractivity contribution in [2.75, 3.05) is 25.4 Å². The highest BCUT2D eigenvalue weighted by Gasteiger charge is 2.19. The molecule has 2 aromatic rings. The Balaban J connectivity index is 1.53. The normalized spacial score (nSPS) is 13.8. The van der Waals surface area contributed by atoms with Crippen LogP contribution in [0.4, 0.5) is 0 Å². The van der Waals surface area contributed by atoms with E-state index < -0.39 is 0 Å². The molecule has 2 aromatic heterocycles. The molecule has 0 aliphatic carbocycles. The second-order valence-electron chi connectivity index (χ2n) is 5.94. The zero-order valence-corrected chi connectivity index (χ0v) is 15.5. The number of rotatable bonds is 7. The number of aromatic nitrogens is 4. The fraction of sp³-hybridized carbons (Fsp3) is 0.471. The summed E-state index contributed by atoms with van der Waals surface area (Å²) >= 11 is 1.32. The molecule has 1 saturated heterocycles. The molecule has 1 aliphatic rings. The Bertz CT molecular complexity index is 758. The van der Waals surface area contributed by atoms with Crippen molar-refractivity contribution in [2.24, 2.45) is 0 Å². The molecule has 0 aromatic carbocycles. The van der Waals surface area contributed by atoms with Crippen LogP contribution >= 0.6 is 11.8 Å². The molecular formula is C17H22N6O2S. The molecule has 3 heterocycles. The van der Waals surface area contributed by atoms with E-state index in [2.05, 4.69) is 20.5 Å². The minimum Gasteiger partial charge on any atom is -0.346 e. The summed E-state index contributed by atoms with van der Waals surface area (Å²) in [4.78, 5) is 29.8. The monoisotopic (exact) mass is 374 g/mol. The van der Waals surface area contributed by atoms with Gasteiger partial charge in [0.15, 0.2) is 11.0 Å². The van der Waals surface area contributed by atoms with Gasteiger partial charge in [0.2, 0.25) is 11.8 Å². The zero-order chi connectivity index (χ0) is 18.4. The van der Waals surface area contributed by atoms with Crippen LogP contribution in [0.2, 0.25) is 0 Å². The summed E-state index contributed by atoms with van der Waals surface area (Å²) in [5, 5.41) is 11.8. The molecule has 26 heavy (non-hydrogen) atoms. The third kappa shape index (κ3) is 4.40. The van der Waals surface area contributed by atoms with E-state index in [4.69, 9.17) is 0 Å². The van der Waals surface area contributed by atoms with Crippen LogP contribution in [0.5, 0.6) is 0 Å². The van der Waals surface area contributed by atoms with Crippen molar-refractivity contribution < 1.29 is 9.59 Å². The van der Waals surface area contributed by atoms with Crippen LogP contribution < -0.4 is 5.32 Å². The first-order valence-corrected chi connectivity index (χ1v) is 9.68. The van der Waals surface area contributed by atoms with E-state index in [0.29, 0.717) is 11.7 Å². The number of hydrogen-bond acceptors (Lipinski definition) is 6. The second kappa shape index (κ2) is 8.79. The first-order valence-electron chi connectivity index (χ1n) is 8.70. The van der Waals surface area contributed by atoms with Gasteiger partial charge in [-0.05, 0) is 31.9 Å². The van der Waals surface area contributed by atoms with Gasteiger partial charge < -0.3 is 14.8 Å². The number of hydrogen-bond donors (Lipinski definition) is 1. The van der Waals surface area contributed by atoms with Crippen LogP contribution in [0.25, 0.3) is 11.4 Å². The lowest BCUT2D eigenvalue weighted by Crippen LogP contribution is -2.39. The van der Waals surface area contributed by atoms with Crippen molar-refractivity contribution in [3.05, 3.63) is 24.5 Å². The van der Waals surface area contributed by atoms with Crippen LogP contribution in [0.1, 0.15) is 19.8 Å². The molecule has 0 atom stereocenters. The Morgan fingerprint density at radius 1 is 1.19 bits per heavy atom. The average Bonchev–Trinajstić information content (AvgIpc) is 3.34. The summed E-state index contributed by atoms with van der Waals surface area (Å²) in [6.07, 6.45) is 5.51. The Kier molecular flexibility index (Phi) is 6.21.